The fourth-order valence-electron chi connectivity index (χ4n) is 3.17. The molecule has 8 heteroatoms. The van der Waals surface area contributed by atoms with E-state index in [2.05, 4.69) is 21.0 Å². The Balaban J connectivity index is 1.56. The lowest BCUT2D eigenvalue weighted by Crippen LogP contribution is -2.24. The Labute approximate surface area is 192 Å². The summed E-state index contributed by atoms with van der Waals surface area (Å²) in [6.07, 6.45) is 1.41. The van der Waals surface area contributed by atoms with Crippen molar-refractivity contribution in [1.82, 2.24) is 5.01 Å². The average molecular weight is 497 g/mol. The minimum atomic E-state index is -0.470. The van der Waals surface area contributed by atoms with Crippen LogP contribution in [0, 0.1) is 5.82 Å². The van der Waals surface area contributed by atoms with Gasteiger partial charge in [0, 0.05) is 10.0 Å². The van der Waals surface area contributed by atoms with Crippen LogP contribution in [-0.2, 0) is 6.61 Å². The number of imide groups is 1. The molecule has 6 nitrogen and oxygen atoms in total. The first-order valence-electron chi connectivity index (χ1n) is 9.83. The quantitative estimate of drug-likeness (QED) is 0.333. The van der Waals surface area contributed by atoms with Crippen molar-refractivity contribution >= 4 is 34.0 Å². The summed E-state index contributed by atoms with van der Waals surface area (Å²) < 4.78 is 25.3. The van der Waals surface area contributed by atoms with Gasteiger partial charge in [0.1, 0.15) is 12.4 Å². The summed E-state index contributed by atoms with van der Waals surface area (Å²) in [5, 5.41) is 4.95. The van der Waals surface area contributed by atoms with E-state index in [1.807, 2.05) is 6.92 Å². The number of hydrogen-bond acceptors (Lipinski definition) is 5. The highest BCUT2D eigenvalue weighted by Gasteiger charge is 2.35. The lowest BCUT2D eigenvalue weighted by Gasteiger charge is -2.14. The van der Waals surface area contributed by atoms with Crippen LogP contribution in [0.25, 0.3) is 0 Å². The number of hydrazone groups is 1. The number of hydrogen-bond donors (Lipinski definition) is 0. The van der Waals surface area contributed by atoms with Crippen molar-refractivity contribution in [2.24, 2.45) is 5.10 Å². The standard InChI is InChI=1S/C24H18BrFN2O4/c1-2-31-21-11-16(13-27-28-23(29)18-5-3-4-6-19(18)24(28)30)20(25)12-22(21)32-14-15-7-9-17(26)10-8-15/h3-13H,2,14H2,1H3/b27-13-. The van der Waals surface area contributed by atoms with Crippen LogP contribution >= 0.6 is 15.9 Å². The summed E-state index contributed by atoms with van der Waals surface area (Å²) in [6.45, 7) is 2.48. The van der Waals surface area contributed by atoms with Crippen LogP contribution in [0.15, 0.2) is 70.2 Å². The molecule has 0 bridgehead atoms. The average Bonchev–Trinajstić information content (AvgIpc) is 3.04. The van der Waals surface area contributed by atoms with Crippen molar-refractivity contribution in [2.75, 3.05) is 6.61 Å². The van der Waals surface area contributed by atoms with Gasteiger partial charge in [-0.1, -0.05) is 24.3 Å². The molecule has 1 aliphatic heterocycles. The minimum Gasteiger partial charge on any atom is -0.490 e. The molecule has 0 aliphatic carbocycles. The van der Waals surface area contributed by atoms with E-state index in [9.17, 15) is 14.0 Å². The summed E-state index contributed by atoms with van der Waals surface area (Å²) in [5.41, 5.74) is 2.06. The van der Waals surface area contributed by atoms with Gasteiger partial charge >= 0.3 is 0 Å². The van der Waals surface area contributed by atoms with E-state index < -0.39 is 11.8 Å². The van der Waals surface area contributed by atoms with Gasteiger partial charge in [-0.15, -0.1) is 0 Å². The first-order valence-corrected chi connectivity index (χ1v) is 10.6. The fraction of sp³-hybridized carbons (Fsp3) is 0.125. The van der Waals surface area contributed by atoms with Crippen molar-refractivity contribution in [3.8, 4) is 11.5 Å². The number of carbonyl (C=O) groups is 2. The van der Waals surface area contributed by atoms with Crippen molar-refractivity contribution < 1.29 is 23.5 Å². The van der Waals surface area contributed by atoms with E-state index in [1.165, 1.54) is 18.3 Å². The molecule has 0 saturated heterocycles. The zero-order valence-corrected chi connectivity index (χ0v) is 18.6. The summed E-state index contributed by atoms with van der Waals surface area (Å²) in [6, 6.07) is 16.1. The number of halogens is 2. The maximum atomic E-state index is 13.1. The molecule has 3 aromatic rings. The summed E-state index contributed by atoms with van der Waals surface area (Å²) in [7, 11) is 0. The van der Waals surface area contributed by atoms with Gasteiger partial charge in [0.25, 0.3) is 11.8 Å². The number of ether oxygens (including phenoxy) is 2. The Kier molecular flexibility index (Phi) is 6.32. The Hall–Kier alpha value is -3.52. The number of benzene rings is 3. The van der Waals surface area contributed by atoms with Crippen LogP contribution in [0.1, 0.15) is 38.8 Å². The third kappa shape index (κ3) is 4.40. The van der Waals surface area contributed by atoms with Crippen LogP contribution in [0.5, 0.6) is 11.5 Å². The molecule has 162 valence electrons. The Morgan fingerprint density at radius 3 is 2.22 bits per heavy atom. The second kappa shape index (κ2) is 9.32. The monoisotopic (exact) mass is 496 g/mol. The topological polar surface area (TPSA) is 68.2 Å². The molecule has 2 amide bonds. The maximum absolute atomic E-state index is 13.1. The second-order valence-corrected chi connectivity index (χ2v) is 7.74. The molecule has 1 aliphatic rings. The van der Waals surface area contributed by atoms with Crippen molar-refractivity contribution in [3.05, 3.63) is 93.2 Å². The Morgan fingerprint density at radius 1 is 0.969 bits per heavy atom. The number of nitrogens with zero attached hydrogens (tertiary/aromatic N) is 2. The lowest BCUT2D eigenvalue weighted by molar-refractivity contribution is 0.0660. The zero-order chi connectivity index (χ0) is 22.7. The summed E-state index contributed by atoms with van der Waals surface area (Å²) in [5.74, 6) is -0.291. The molecule has 0 fully saturated rings. The molecule has 0 aromatic heterocycles. The van der Waals surface area contributed by atoms with Crippen molar-refractivity contribution in [2.45, 2.75) is 13.5 Å². The second-order valence-electron chi connectivity index (χ2n) is 6.88. The molecule has 0 atom stereocenters. The van der Waals surface area contributed by atoms with E-state index in [0.717, 1.165) is 10.6 Å². The van der Waals surface area contributed by atoms with Gasteiger partial charge < -0.3 is 9.47 Å². The highest BCUT2D eigenvalue weighted by Crippen LogP contribution is 2.34. The number of rotatable bonds is 7. The van der Waals surface area contributed by atoms with Gasteiger partial charge in [0.2, 0.25) is 0 Å². The fourth-order valence-corrected chi connectivity index (χ4v) is 3.60. The smallest absolute Gasteiger partial charge is 0.282 e. The van der Waals surface area contributed by atoms with Gasteiger partial charge in [0.15, 0.2) is 11.5 Å². The predicted molar refractivity (Wildman–Crippen MR) is 121 cm³/mol. The third-order valence-electron chi connectivity index (χ3n) is 4.76. The van der Waals surface area contributed by atoms with Crippen molar-refractivity contribution in [1.29, 1.82) is 0 Å². The largest absolute Gasteiger partial charge is 0.490 e. The van der Waals surface area contributed by atoms with Crippen LogP contribution in [0.2, 0.25) is 0 Å². The Bertz CT molecular complexity index is 1180. The normalized spacial score (nSPS) is 13.0. The van der Waals surface area contributed by atoms with E-state index in [1.54, 1.807) is 48.5 Å². The van der Waals surface area contributed by atoms with E-state index >= 15 is 0 Å². The lowest BCUT2D eigenvalue weighted by atomic mass is 10.1. The molecule has 0 unspecified atom stereocenters. The van der Waals surface area contributed by atoms with Gasteiger partial charge in [-0.05, 0) is 64.8 Å². The molecule has 0 radical (unpaired) electrons. The number of amides is 2. The maximum Gasteiger partial charge on any atom is 0.282 e. The highest BCUT2D eigenvalue weighted by molar-refractivity contribution is 9.10. The van der Waals surface area contributed by atoms with Gasteiger partial charge in [-0.25, -0.2) is 4.39 Å². The first-order chi connectivity index (χ1) is 15.5. The molecule has 3 aromatic carbocycles. The minimum absolute atomic E-state index is 0.231. The summed E-state index contributed by atoms with van der Waals surface area (Å²) >= 11 is 3.47. The zero-order valence-electron chi connectivity index (χ0n) is 17.0. The molecule has 0 N–H and O–H groups in total. The molecule has 0 spiro atoms. The van der Waals surface area contributed by atoms with Gasteiger partial charge in [-0.3, -0.25) is 9.59 Å². The van der Waals surface area contributed by atoms with E-state index in [4.69, 9.17) is 9.47 Å². The van der Waals surface area contributed by atoms with Gasteiger partial charge in [0.05, 0.1) is 23.9 Å². The highest BCUT2D eigenvalue weighted by atomic mass is 79.9. The predicted octanol–water partition coefficient (Wildman–Crippen LogP) is 5.20. The Morgan fingerprint density at radius 2 is 1.59 bits per heavy atom. The van der Waals surface area contributed by atoms with Crippen molar-refractivity contribution in [3.63, 3.8) is 0 Å². The number of fused-ring (bicyclic) bond motifs is 1. The molecule has 0 saturated carbocycles. The van der Waals surface area contributed by atoms with Gasteiger partial charge in [-0.2, -0.15) is 10.1 Å². The SMILES string of the molecule is CCOc1cc(/C=N\N2C(=O)c3ccccc3C2=O)c(Br)cc1OCc1ccc(F)cc1. The number of carbonyl (C=O) groups excluding carboxylic acids is 2. The first kappa shape index (κ1) is 21.7. The summed E-state index contributed by atoms with van der Waals surface area (Å²) in [4.78, 5) is 25.0. The van der Waals surface area contributed by atoms with Crippen LogP contribution in [0.3, 0.4) is 0 Å². The van der Waals surface area contributed by atoms with Crippen LogP contribution in [0.4, 0.5) is 4.39 Å². The van der Waals surface area contributed by atoms with Crippen LogP contribution in [-0.4, -0.2) is 29.6 Å². The molecule has 32 heavy (non-hydrogen) atoms. The molecular weight excluding hydrogens is 479 g/mol. The van der Waals surface area contributed by atoms with E-state index in [0.29, 0.717) is 39.3 Å². The molecule has 4 rings (SSSR count). The van der Waals surface area contributed by atoms with Crippen LogP contribution < -0.4 is 9.47 Å². The molecular formula is C24H18BrFN2O4. The van der Waals surface area contributed by atoms with E-state index in [-0.39, 0.29) is 12.4 Å². The molecule has 1 heterocycles. The third-order valence-corrected chi connectivity index (χ3v) is 5.44.